The van der Waals surface area contributed by atoms with E-state index in [0.717, 1.165) is 6.20 Å². The molecule has 0 atom stereocenters. The van der Waals surface area contributed by atoms with Gasteiger partial charge in [-0.3, -0.25) is 4.79 Å². The Morgan fingerprint density at radius 2 is 1.83 bits per heavy atom. The first-order valence-corrected chi connectivity index (χ1v) is 6.91. The van der Waals surface area contributed by atoms with Crippen LogP contribution in [-0.4, -0.2) is 29.8 Å². The number of benzene rings is 1. The van der Waals surface area contributed by atoms with E-state index >= 15 is 0 Å². The van der Waals surface area contributed by atoms with Gasteiger partial charge in [-0.1, -0.05) is 23.2 Å². The maximum absolute atomic E-state index is 13.4. The van der Waals surface area contributed by atoms with E-state index in [1.54, 1.807) is 19.0 Å². The molecule has 2 N–H and O–H groups in total. The zero-order chi connectivity index (χ0) is 17.5. The number of nitrogens with two attached hydrogens (primary N) is 1. The Morgan fingerprint density at radius 1 is 1.26 bits per heavy atom. The summed E-state index contributed by atoms with van der Waals surface area (Å²) in [4.78, 5) is 12.8. The van der Waals surface area contributed by atoms with Crippen molar-refractivity contribution in [3.63, 3.8) is 0 Å². The van der Waals surface area contributed by atoms with Crippen molar-refractivity contribution in [3.8, 4) is 5.69 Å². The van der Waals surface area contributed by atoms with Crippen molar-refractivity contribution < 1.29 is 18.0 Å². The van der Waals surface area contributed by atoms with Gasteiger partial charge >= 0.3 is 6.18 Å². The molecular formula is C13H11Cl2F3N4O. The fourth-order valence-electron chi connectivity index (χ4n) is 2.04. The lowest BCUT2D eigenvalue weighted by atomic mass is 10.2. The molecule has 0 aliphatic carbocycles. The molecule has 1 aromatic carbocycles. The van der Waals surface area contributed by atoms with Crippen molar-refractivity contribution in [1.29, 1.82) is 0 Å². The smallest absolute Gasteiger partial charge is 0.376 e. The first-order valence-electron chi connectivity index (χ1n) is 6.15. The number of carbonyl (C=O) groups excluding carboxylic acids is 1. The van der Waals surface area contributed by atoms with E-state index in [-0.39, 0.29) is 15.7 Å². The van der Waals surface area contributed by atoms with E-state index in [9.17, 15) is 18.0 Å². The molecule has 0 unspecified atom stereocenters. The molecule has 2 aromatic rings. The highest BCUT2D eigenvalue weighted by atomic mass is 35.5. The Bertz CT molecular complexity index is 771. The van der Waals surface area contributed by atoms with Gasteiger partial charge in [0.1, 0.15) is 0 Å². The van der Waals surface area contributed by atoms with Crippen LogP contribution in [0.4, 0.5) is 18.9 Å². The van der Waals surface area contributed by atoms with Crippen molar-refractivity contribution >= 4 is 34.8 Å². The van der Waals surface area contributed by atoms with E-state index < -0.39 is 23.3 Å². The topological polar surface area (TPSA) is 64.2 Å². The van der Waals surface area contributed by atoms with Crippen molar-refractivity contribution in [1.82, 2.24) is 9.78 Å². The Kier molecular flexibility index (Phi) is 4.50. The molecule has 2 rings (SSSR count). The predicted molar refractivity (Wildman–Crippen MR) is 81.4 cm³/mol. The van der Waals surface area contributed by atoms with Crippen molar-refractivity contribution in [3.05, 3.63) is 39.6 Å². The minimum atomic E-state index is -4.84. The molecule has 23 heavy (non-hydrogen) atoms. The number of primary amides is 1. The van der Waals surface area contributed by atoms with Crippen LogP contribution in [0.15, 0.2) is 18.3 Å². The molecule has 0 aliphatic heterocycles. The number of alkyl halides is 3. The number of nitrogens with zero attached hydrogens (tertiary/aromatic N) is 3. The largest absolute Gasteiger partial charge is 0.434 e. The normalized spacial score (nSPS) is 11.6. The SMILES string of the molecule is CN(C)c1cc(Cl)c(Cl)cc1-n1ncc(C(N)=O)c1C(F)(F)F. The van der Waals surface area contributed by atoms with E-state index in [2.05, 4.69) is 5.10 Å². The van der Waals surface area contributed by atoms with Crippen LogP contribution in [0.1, 0.15) is 16.1 Å². The Hall–Kier alpha value is -1.93. The summed E-state index contributed by atoms with van der Waals surface area (Å²) in [6.45, 7) is 0. The maximum Gasteiger partial charge on any atom is 0.434 e. The molecule has 5 nitrogen and oxygen atoms in total. The van der Waals surface area contributed by atoms with E-state index in [4.69, 9.17) is 28.9 Å². The quantitative estimate of drug-likeness (QED) is 0.905. The minimum absolute atomic E-state index is 0.0178. The van der Waals surface area contributed by atoms with Gasteiger partial charge in [-0.2, -0.15) is 18.3 Å². The lowest BCUT2D eigenvalue weighted by Gasteiger charge is -2.20. The third-order valence-corrected chi connectivity index (χ3v) is 3.75. The second-order valence-electron chi connectivity index (χ2n) is 4.83. The van der Waals surface area contributed by atoms with Gasteiger partial charge in [0, 0.05) is 14.1 Å². The minimum Gasteiger partial charge on any atom is -0.376 e. The zero-order valence-electron chi connectivity index (χ0n) is 11.9. The van der Waals surface area contributed by atoms with Crippen molar-refractivity contribution in [2.24, 2.45) is 5.73 Å². The van der Waals surface area contributed by atoms with Crippen LogP contribution in [0.3, 0.4) is 0 Å². The lowest BCUT2D eigenvalue weighted by molar-refractivity contribution is -0.143. The fourth-order valence-corrected chi connectivity index (χ4v) is 2.35. The first-order chi connectivity index (χ1) is 10.5. The number of anilines is 1. The summed E-state index contributed by atoms with van der Waals surface area (Å²) in [6, 6.07) is 2.65. The summed E-state index contributed by atoms with van der Waals surface area (Å²) >= 11 is 11.8. The molecule has 124 valence electrons. The molecule has 0 spiro atoms. The Morgan fingerprint density at radius 3 is 2.30 bits per heavy atom. The summed E-state index contributed by atoms with van der Waals surface area (Å²) in [7, 11) is 3.24. The van der Waals surface area contributed by atoms with Crippen LogP contribution in [-0.2, 0) is 6.18 Å². The molecule has 1 amide bonds. The van der Waals surface area contributed by atoms with Gasteiger partial charge in [-0.05, 0) is 12.1 Å². The third-order valence-electron chi connectivity index (χ3n) is 3.03. The third kappa shape index (κ3) is 3.23. The van der Waals surface area contributed by atoms with Gasteiger partial charge in [-0.25, -0.2) is 4.68 Å². The standard InChI is InChI=1S/C13H11Cl2F3N4O/c1-21(2)9-3-7(14)8(15)4-10(9)22-11(13(16,17)18)6(5-20-22)12(19)23/h3-5H,1-2H3,(H2,19,23). The van der Waals surface area contributed by atoms with Gasteiger partial charge in [0.05, 0.1) is 33.2 Å². The monoisotopic (exact) mass is 366 g/mol. The number of halogens is 5. The van der Waals surface area contributed by atoms with Crippen LogP contribution >= 0.6 is 23.2 Å². The number of rotatable bonds is 3. The summed E-state index contributed by atoms with van der Waals surface area (Å²) < 4.78 is 40.7. The summed E-state index contributed by atoms with van der Waals surface area (Å²) in [5, 5.41) is 3.88. The van der Waals surface area contributed by atoms with Gasteiger partial charge in [0.15, 0.2) is 5.69 Å². The summed E-state index contributed by atoms with van der Waals surface area (Å²) in [5.74, 6) is -1.23. The molecule has 0 saturated heterocycles. The molecule has 1 heterocycles. The highest BCUT2D eigenvalue weighted by molar-refractivity contribution is 6.42. The number of amides is 1. The number of hydrogen-bond donors (Lipinski definition) is 1. The fraction of sp³-hybridized carbons (Fsp3) is 0.231. The molecule has 10 heteroatoms. The molecule has 0 bridgehead atoms. The highest BCUT2D eigenvalue weighted by Gasteiger charge is 2.40. The van der Waals surface area contributed by atoms with Gasteiger partial charge in [0.2, 0.25) is 0 Å². The summed E-state index contributed by atoms with van der Waals surface area (Å²) in [5.41, 5.74) is 3.36. The van der Waals surface area contributed by atoms with Gasteiger partial charge in [0.25, 0.3) is 5.91 Å². The number of hydrogen-bond acceptors (Lipinski definition) is 3. The average molecular weight is 367 g/mol. The molecular weight excluding hydrogens is 356 g/mol. The zero-order valence-corrected chi connectivity index (χ0v) is 13.5. The highest BCUT2D eigenvalue weighted by Crippen LogP contribution is 2.38. The molecule has 0 radical (unpaired) electrons. The second-order valence-corrected chi connectivity index (χ2v) is 5.64. The molecule has 1 aromatic heterocycles. The van der Waals surface area contributed by atoms with Crippen LogP contribution in [0, 0.1) is 0 Å². The number of aromatic nitrogens is 2. The molecule has 0 saturated carbocycles. The second kappa shape index (κ2) is 5.93. The molecule has 0 aliphatic rings. The van der Waals surface area contributed by atoms with Crippen molar-refractivity contribution in [2.45, 2.75) is 6.18 Å². The predicted octanol–water partition coefficient (Wildman–Crippen LogP) is 3.36. The van der Waals surface area contributed by atoms with Crippen molar-refractivity contribution in [2.75, 3.05) is 19.0 Å². The van der Waals surface area contributed by atoms with E-state index in [0.29, 0.717) is 10.4 Å². The Balaban J connectivity index is 2.83. The maximum atomic E-state index is 13.4. The van der Waals surface area contributed by atoms with E-state index in [1.807, 2.05) is 0 Å². The van der Waals surface area contributed by atoms with Gasteiger partial charge < -0.3 is 10.6 Å². The van der Waals surface area contributed by atoms with E-state index in [1.165, 1.54) is 12.1 Å². The number of carbonyl (C=O) groups is 1. The Labute approximate surface area is 139 Å². The molecule has 0 fully saturated rings. The summed E-state index contributed by atoms with van der Waals surface area (Å²) in [6.07, 6.45) is -4.07. The van der Waals surface area contributed by atoms with Crippen LogP contribution in [0.2, 0.25) is 10.0 Å². The first kappa shape index (κ1) is 17.4. The van der Waals surface area contributed by atoms with Gasteiger partial charge in [-0.15, -0.1) is 0 Å². The lowest BCUT2D eigenvalue weighted by Crippen LogP contribution is -2.22. The van der Waals surface area contributed by atoms with Crippen LogP contribution in [0.25, 0.3) is 5.69 Å². The average Bonchev–Trinajstić information content (AvgIpc) is 2.85. The van der Waals surface area contributed by atoms with Crippen LogP contribution in [0.5, 0.6) is 0 Å². The van der Waals surface area contributed by atoms with Crippen LogP contribution < -0.4 is 10.6 Å².